The molecule has 132 valence electrons. The molecule has 0 saturated heterocycles. The highest BCUT2D eigenvalue weighted by atomic mass is 14.9. The molecule has 0 spiro atoms. The Labute approximate surface area is 153 Å². The second-order valence-corrected chi connectivity index (χ2v) is 6.92. The summed E-state index contributed by atoms with van der Waals surface area (Å²) >= 11 is 0. The van der Waals surface area contributed by atoms with E-state index in [0.29, 0.717) is 6.54 Å². The first-order valence-corrected chi connectivity index (χ1v) is 8.48. The number of hydrogen-bond acceptors (Lipinski definition) is 2. The van der Waals surface area contributed by atoms with E-state index in [9.17, 15) is 0 Å². The Morgan fingerprint density at radius 2 is 1.64 bits per heavy atom. The lowest BCUT2D eigenvalue weighted by Gasteiger charge is -2.15. The molecule has 0 atom stereocenters. The minimum atomic E-state index is 0.191. The zero-order valence-electron chi connectivity index (χ0n) is 16.0. The van der Waals surface area contributed by atoms with Crippen molar-refractivity contribution in [3.05, 3.63) is 91.3 Å². The van der Waals surface area contributed by atoms with Crippen molar-refractivity contribution in [2.24, 2.45) is 5.41 Å². The Bertz CT molecular complexity index is 689. The monoisotopic (exact) mass is 334 g/mol. The standard InChI is InChI=1S/C21H26N2.C2H4/c1-16(14-21(3,4)5)18-9-11-19(12-10-18)17(2)23-15-20-8-6-7-13-22-20;1-2/h6-14,23H,2,15H2,1,3-5H3;1-2H2/b16-14+;. The van der Waals surface area contributed by atoms with Gasteiger partial charge in [-0.15, -0.1) is 13.2 Å². The van der Waals surface area contributed by atoms with Crippen molar-refractivity contribution in [1.29, 1.82) is 0 Å². The van der Waals surface area contributed by atoms with Gasteiger partial charge < -0.3 is 5.32 Å². The lowest BCUT2D eigenvalue weighted by atomic mass is 9.91. The Balaban J connectivity index is 0.00000151. The van der Waals surface area contributed by atoms with Crippen molar-refractivity contribution in [2.75, 3.05) is 0 Å². The van der Waals surface area contributed by atoms with E-state index < -0.39 is 0 Å². The fraction of sp³-hybridized carbons (Fsp3) is 0.261. The highest BCUT2D eigenvalue weighted by Crippen LogP contribution is 2.24. The lowest BCUT2D eigenvalue weighted by molar-refractivity contribution is 0.545. The zero-order chi connectivity index (χ0) is 18.9. The van der Waals surface area contributed by atoms with E-state index in [-0.39, 0.29) is 5.41 Å². The molecule has 1 aromatic heterocycles. The number of hydrogen-bond donors (Lipinski definition) is 1. The summed E-state index contributed by atoms with van der Waals surface area (Å²) in [6, 6.07) is 14.5. The summed E-state index contributed by atoms with van der Waals surface area (Å²) in [7, 11) is 0. The quantitative estimate of drug-likeness (QED) is 0.669. The molecule has 2 heteroatoms. The van der Waals surface area contributed by atoms with Gasteiger partial charge in [0.25, 0.3) is 0 Å². The molecule has 0 fully saturated rings. The van der Waals surface area contributed by atoms with Crippen LogP contribution in [0, 0.1) is 5.41 Å². The minimum Gasteiger partial charge on any atom is -0.379 e. The Morgan fingerprint density at radius 1 is 1.04 bits per heavy atom. The van der Waals surface area contributed by atoms with Gasteiger partial charge in [-0.05, 0) is 41.2 Å². The molecule has 2 rings (SSSR count). The Morgan fingerprint density at radius 3 is 2.16 bits per heavy atom. The van der Waals surface area contributed by atoms with Gasteiger partial charge in [-0.2, -0.15) is 0 Å². The Hall–Kier alpha value is -2.61. The molecule has 25 heavy (non-hydrogen) atoms. The fourth-order valence-electron chi connectivity index (χ4n) is 2.47. The summed E-state index contributed by atoms with van der Waals surface area (Å²) in [6.07, 6.45) is 4.11. The van der Waals surface area contributed by atoms with E-state index in [1.54, 1.807) is 6.20 Å². The number of rotatable bonds is 5. The molecule has 0 saturated carbocycles. The van der Waals surface area contributed by atoms with Gasteiger partial charge in [0.2, 0.25) is 0 Å². The van der Waals surface area contributed by atoms with Gasteiger partial charge in [-0.3, -0.25) is 4.98 Å². The third-order valence-corrected chi connectivity index (χ3v) is 3.55. The highest BCUT2D eigenvalue weighted by molar-refractivity contribution is 5.68. The SMILES string of the molecule is C=C.C=C(NCc1ccccn1)c1ccc(/C(C)=C/C(C)(C)C)cc1. The van der Waals surface area contributed by atoms with Crippen LogP contribution < -0.4 is 5.32 Å². The topological polar surface area (TPSA) is 24.9 Å². The first-order valence-electron chi connectivity index (χ1n) is 8.48. The van der Waals surface area contributed by atoms with E-state index in [0.717, 1.165) is 17.0 Å². The maximum atomic E-state index is 4.30. The van der Waals surface area contributed by atoms with Crippen LogP contribution in [-0.4, -0.2) is 4.98 Å². The van der Waals surface area contributed by atoms with Gasteiger partial charge in [0, 0.05) is 11.9 Å². The van der Waals surface area contributed by atoms with Crippen LogP contribution in [0.5, 0.6) is 0 Å². The third kappa shape index (κ3) is 7.21. The number of benzene rings is 1. The molecule has 0 amide bonds. The van der Waals surface area contributed by atoms with Crippen LogP contribution in [-0.2, 0) is 6.54 Å². The first kappa shape index (κ1) is 20.4. The fourth-order valence-corrected chi connectivity index (χ4v) is 2.47. The van der Waals surface area contributed by atoms with Crippen LogP contribution in [0.25, 0.3) is 11.3 Å². The number of aromatic nitrogens is 1. The van der Waals surface area contributed by atoms with E-state index >= 15 is 0 Å². The molecule has 0 aliphatic heterocycles. The van der Waals surface area contributed by atoms with Crippen molar-refractivity contribution < 1.29 is 0 Å². The second-order valence-electron chi connectivity index (χ2n) is 6.92. The third-order valence-electron chi connectivity index (χ3n) is 3.55. The van der Waals surface area contributed by atoms with E-state index in [2.05, 4.69) is 88.1 Å². The van der Waals surface area contributed by atoms with Gasteiger partial charge in [0.05, 0.1) is 12.2 Å². The predicted molar refractivity (Wildman–Crippen MR) is 111 cm³/mol. The number of nitrogens with zero attached hydrogens (tertiary/aromatic N) is 1. The summed E-state index contributed by atoms with van der Waals surface area (Å²) in [5, 5.41) is 3.33. The zero-order valence-corrected chi connectivity index (χ0v) is 16.0. The lowest BCUT2D eigenvalue weighted by Crippen LogP contribution is -2.11. The molecule has 1 N–H and O–H groups in total. The minimum absolute atomic E-state index is 0.191. The van der Waals surface area contributed by atoms with E-state index in [1.165, 1.54) is 11.1 Å². The average Bonchev–Trinajstić information content (AvgIpc) is 2.61. The molecule has 2 nitrogen and oxygen atoms in total. The molecule has 0 radical (unpaired) electrons. The van der Waals surface area contributed by atoms with Crippen LogP contribution in [0.4, 0.5) is 0 Å². The Kier molecular flexibility index (Phi) is 7.87. The molecule has 0 bridgehead atoms. The smallest absolute Gasteiger partial charge is 0.0594 e. The highest BCUT2D eigenvalue weighted by Gasteiger charge is 2.07. The largest absolute Gasteiger partial charge is 0.379 e. The molecule has 1 aromatic carbocycles. The van der Waals surface area contributed by atoms with Crippen molar-refractivity contribution in [1.82, 2.24) is 10.3 Å². The average molecular weight is 335 g/mol. The van der Waals surface area contributed by atoms with E-state index in [1.807, 2.05) is 18.2 Å². The first-order chi connectivity index (χ1) is 11.8. The number of allylic oxidation sites excluding steroid dienone is 2. The van der Waals surface area contributed by atoms with Crippen LogP contribution in [0.2, 0.25) is 0 Å². The summed E-state index contributed by atoms with van der Waals surface area (Å²) < 4.78 is 0. The van der Waals surface area contributed by atoms with Crippen molar-refractivity contribution >= 4 is 11.3 Å². The van der Waals surface area contributed by atoms with E-state index in [4.69, 9.17) is 0 Å². The number of pyridine rings is 1. The summed E-state index contributed by atoms with van der Waals surface area (Å²) in [5.41, 5.74) is 5.77. The van der Waals surface area contributed by atoms with Crippen LogP contribution in [0.3, 0.4) is 0 Å². The van der Waals surface area contributed by atoms with Gasteiger partial charge in [0.15, 0.2) is 0 Å². The molecular formula is C23H30N2. The van der Waals surface area contributed by atoms with Crippen molar-refractivity contribution in [2.45, 2.75) is 34.2 Å². The maximum absolute atomic E-state index is 4.30. The van der Waals surface area contributed by atoms with Crippen LogP contribution in [0.1, 0.15) is 44.5 Å². The molecule has 1 heterocycles. The van der Waals surface area contributed by atoms with Gasteiger partial charge >= 0.3 is 0 Å². The van der Waals surface area contributed by atoms with Crippen molar-refractivity contribution in [3.8, 4) is 0 Å². The predicted octanol–water partition coefficient (Wildman–Crippen LogP) is 6.09. The summed E-state index contributed by atoms with van der Waals surface area (Å²) in [4.78, 5) is 4.30. The summed E-state index contributed by atoms with van der Waals surface area (Å²) in [6.45, 7) is 19.6. The van der Waals surface area contributed by atoms with Gasteiger partial charge in [0.1, 0.15) is 0 Å². The van der Waals surface area contributed by atoms with Crippen LogP contribution >= 0.6 is 0 Å². The molecule has 2 aromatic rings. The number of nitrogens with one attached hydrogen (secondary N) is 1. The van der Waals surface area contributed by atoms with Crippen molar-refractivity contribution in [3.63, 3.8) is 0 Å². The van der Waals surface area contributed by atoms with Gasteiger partial charge in [-0.1, -0.05) is 63.8 Å². The molecule has 0 aliphatic rings. The molecule has 0 aliphatic carbocycles. The second kappa shape index (κ2) is 9.63. The maximum Gasteiger partial charge on any atom is 0.0594 e. The van der Waals surface area contributed by atoms with Crippen LogP contribution in [0.15, 0.2) is 74.5 Å². The summed E-state index contributed by atoms with van der Waals surface area (Å²) in [5.74, 6) is 0. The van der Waals surface area contributed by atoms with Gasteiger partial charge in [-0.25, -0.2) is 0 Å². The molecular weight excluding hydrogens is 304 g/mol. The normalized spacial score (nSPS) is 11.3. The molecule has 0 unspecified atom stereocenters.